The third-order valence-electron chi connectivity index (χ3n) is 3.45. The van der Waals surface area contributed by atoms with Crippen LogP contribution in [0.3, 0.4) is 0 Å². The largest absolute Gasteiger partial charge is 0.355 e. The summed E-state index contributed by atoms with van der Waals surface area (Å²) in [5.41, 5.74) is 9.22. The maximum absolute atomic E-state index is 11.7. The number of nitrogens with one attached hydrogen (secondary N) is 1. The van der Waals surface area contributed by atoms with Gasteiger partial charge in [-0.3, -0.25) is 4.79 Å². The quantitative estimate of drug-likeness (QED) is 0.769. The summed E-state index contributed by atoms with van der Waals surface area (Å²) in [5.74, 6) is -0.105. The molecule has 21 heavy (non-hydrogen) atoms. The average Bonchev–Trinajstić information content (AvgIpc) is 2.96. The summed E-state index contributed by atoms with van der Waals surface area (Å²) in [5, 5.41) is 8.09. The minimum Gasteiger partial charge on any atom is -0.355 e. The molecular formula is C16H16N4O. The maximum atomic E-state index is 11.7. The highest BCUT2D eigenvalue weighted by Gasteiger charge is 2.09. The Bertz CT molecular complexity index is 807. The Morgan fingerprint density at radius 1 is 1.29 bits per heavy atom. The van der Waals surface area contributed by atoms with Crippen molar-refractivity contribution in [2.24, 2.45) is 5.73 Å². The fourth-order valence-electron chi connectivity index (χ4n) is 2.34. The Morgan fingerprint density at radius 2 is 2.10 bits per heavy atom. The van der Waals surface area contributed by atoms with Gasteiger partial charge in [-0.2, -0.15) is 5.10 Å². The molecule has 5 nitrogen and oxygen atoms in total. The van der Waals surface area contributed by atoms with Gasteiger partial charge in [-0.1, -0.05) is 18.2 Å². The lowest BCUT2D eigenvalue weighted by Crippen LogP contribution is -2.17. The first-order chi connectivity index (χ1) is 10.2. The smallest absolute Gasteiger partial charge is 0.251 e. The molecule has 0 aliphatic heterocycles. The second-order valence-electron chi connectivity index (χ2n) is 4.76. The Morgan fingerprint density at radius 3 is 2.86 bits per heavy atom. The van der Waals surface area contributed by atoms with Crippen LogP contribution in [-0.2, 0) is 6.54 Å². The lowest BCUT2D eigenvalue weighted by Gasteiger charge is -2.06. The summed E-state index contributed by atoms with van der Waals surface area (Å²) >= 11 is 0. The molecule has 0 aliphatic rings. The van der Waals surface area contributed by atoms with Crippen molar-refractivity contribution >= 4 is 16.8 Å². The number of nitrogens with zero attached hydrogens (tertiary/aromatic N) is 2. The first-order valence-corrected chi connectivity index (χ1v) is 6.73. The van der Waals surface area contributed by atoms with Crippen LogP contribution in [0.15, 0.2) is 48.7 Å². The van der Waals surface area contributed by atoms with Crippen LogP contribution < -0.4 is 11.1 Å². The van der Waals surface area contributed by atoms with Crippen molar-refractivity contribution in [2.45, 2.75) is 6.54 Å². The third kappa shape index (κ3) is 2.39. The number of benzene rings is 2. The van der Waals surface area contributed by atoms with Crippen LogP contribution >= 0.6 is 0 Å². The summed E-state index contributed by atoms with van der Waals surface area (Å²) < 4.78 is 1.81. The lowest BCUT2D eigenvalue weighted by molar-refractivity contribution is 0.0963. The number of nitrogens with two attached hydrogens (primary N) is 1. The zero-order valence-electron chi connectivity index (χ0n) is 11.7. The molecule has 1 aromatic heterocycles. The zero-order valence-corrected chi connectivity index (χ0v) is 11.7. The highest BCUT2D eigenvalue weighted by molar-refractivity contribution is 5.97. The van der Waals surface area contributed by atoms with Gasteiger partial charge in [-0.25, -0.2) is 4.68 Å². The van der Waals surface area contributed by atoms with E-state index in [1.807, 2.05) is 42.6 Å². The first-order valence-electron chi connectivity index (χ1n) is 6.73. The number of carbonyl (C=O) groups excluding carboxylic acids is 1. The lowest BCUT2D eigenvalue weighted by atomic mass is 10.1. The van der Waals surface area contributed by atoms with E-state index >= 15 is 0 Å². The van der Waals surface area contributed by atoms with Gasteiger partial charge in [0, 0.05) is 30.7 Å². The summed E-state index contributed by atoms with van der Waals surface area (Å²) in [6.45, 7) is 0.454. The zero-order chi connectivity index (χ0) is 14.8. The van der Waals surface area contributed by atoms with Gasteiger partial charge in [0.15, 0.2) is 0 Å². The van der Waals surface area contributed by atoms with E-state index in [0.29, 0.717) is 12.1 Å². The molecule has 3 N–H and O–H groups in total. The van der Waals surface area contributed by atoms with Crippen LogP contribution in [0.4, 0.5) is 0 Å². The fourth-order valence-corrected chi connectivity index (χ4v) is 2.34. The average molecular weight is 280 g/mol. The number of hydrogen-bond acceptors (Lipinski definition) is 3. The molecular weight excluding hydrogens is 264 g/mol. The molecule has 1 heterocycles. The van der Waals surface area contributed by atoms with E-state index in [4.69, 9.17) is 5.73 Å². The van der Waals surface area contributed by atoms with E-state index in [2.05, 4.69) is 10.4 Å². The molecule has 0 bridgehead atoms. The molecule has 0 aliphatic carbocycles. The van der Waals surface area contributed by atoms with Crippen LogP contribution in [0, 0.1) is 0 Å². The molecule has 5 heteroatoms. The second-order valence-corrected chi connectivity index (χ2v) is 4.76. The molecule has 2 aromatic carbocycles. The van der Waals surface area contributed by atoms with Crippen LogP contribution in [0.25, 0.3) is 16.6 Å². The molecule has 0 saturated heterocycles. The Labute approximate surface area is 122 Å². The van der Waals surface area contributed by atoms with Gasteiger partial charge in [0.05, 0.1) is 11.2 Å². The SMILES string of the molecule is CNC(=O)c1ccc2nn(-c3ccccc3CN)cc2c1. The molecule has 1 amide bonds. The van der Waals surface area contributed by atoms with E-state index in [-0.39, 0.29) is 5.91 Å². The number of carbonyl (C=O) groups is 1. The van der Waals surface area contributed by atoms with Gasteiger partial charge in [-0.05, 0) is 29.8 Å². The number of para-hydroxylation sites is 1. The molecule has 0 fully saturated rings. The van der Waals surface area contributed by atoms with Crippen molar-refractivity contribution in [1.82, 2.24) is 15.1 Å². The van der Waals surface area contributed by atoms with Gasteiger partial charge >= 0.3 is 0 Å². The number of fused-ring (bicyclic) bond motifs is 1. The topological polar surface area (TPSA) is 72.9 Å². The Kier molecular flexibility index (Phi) is 3.41. The Hall–Kier alpha value is -2.66. The normalized spacial score (nSPS) is 10.8. The monoisotopic (exact) mass is 280 g/mol. The van der Waals surface area contributed by atoms with Crippen molar-refractivity contribution in [1.29, 1.82) is 0 Å². The number of rotatable bonds is 3. The van der Waals surface area contributed by atoms with Gasteiger partial charge in [0.2, 0.25) is 0 Å². The maximum Gasteiger partial charge on any atom is 0.251 e. The fraction of sp³-hybridized carbons (Fsp3) is 0.125. The Balaban J connectivity index is 2.11. The van der Waals surface area contributed by atoms with Crippen molar-refractivity contribution in [3.8, 4) is 5.69 Å². The molecule has 0 atom stereocenters. The van der Waals surface area contributed by atoms with Crippen LogP contribution in [-0.4, -0.2) is 22.7 Å². The number of amides is 1. The van der Waals surface area contributed by atoms with E-state index in [1.165, 1.54) is 0 Å². The van der Waals surface area contributed by atoms with Gasteiger partial charge in [0.25, 0.3) is 5.91 Å². The minimum atomic E-state index is -0.105. The van der Waals surface area contributed by atoms with E-state index in [9.17, 15) is 4.79 Å². The molecule has 0 spiro atoms. The van der Waals surface area contributed by atoms with Crippen LogP contribution in [0.1, 0.15) is 15.9 Å². The predicted molar refractivity (Wildman–Crippen MR) is 82.4 cm³/mol. The van der Waals surface area contributed by atoms with E-state index < -0.39 is 0 Å². The predicted octanol–water partition coefficient (Wildman–Crippen LogP) is 1.84. The summed E-state index contributed by atoms with van der Waals surface area (Å²) in [4.78, 5) is 11.7. The molecule has 0 unspecified atom stereocenters. The van der Waals surface area contributed by atoms with Gasteiger partial charge in [-0.15, -0.1) is 0 Å². The van der Waals surface area contributed by atoms with E-state index in [1.54, 1.807) is 17.8 Å². The molecule has 3 rings (SSSR count). The highest BCUT2D eigenvalue weighted by Crippen LogP contribution is 2.19. The molecule has 106 valence electrons. The number of aromatic nitrogens is 2. The summed E-state index contributed by atoms with van der Waals surface area (Å²) in [6, 6.07) is 13.3. The van der Waals surface area contributed by atoms with Crippen LogP contribution in [0.5, 0.6) is 0 Å². The number of hydrogen-bond donors (Lipinski definition) is 2. The first kappa shape index (κ1) is 13.3. The minimum absolute atomic E-state index is 0.105. The summed E-state index contributed by atoms with van der Waals surface area (Å²) in [7, 11) is 1.62. The molecule has 0 radical (unpaired) electrons. The van der Waals surface area contributed by atoms with Crippen molar-refractivity contribution < 1.29 is 4.79 Å². The second kappa shape index (κ2) is 5.38. The molecule has 0 saturated carbocycles. The van der Waals surface area contributed by atoms with Crippen LogP contribution in [0.2, 0.25) is 0 Å². The standard InChI is InChI=1S/C16H16N4O/c1-18-16(21)11-6-7-14-13(8-11)10-20(19-14)15-5-3-2-4-12(15)9-17/h2-8,10H,9,17H2,1H3,(H,18,21). The highest BCUT2D eigenvalue weighted by atomic mass is 16.1. The van der Waals surface area contributed by atoms with Crippen molar-refractivity contribution in [2.75, 3.05) is 7.05 Å². The van der Waals surface area contributed by atoms with Gasteiger partial charge in [0.1, 0.15) is 0 Å². The van der Waals surface area contributed by atoms with Crippen molar-refractivity contribution in [3.05, 3.63) is 59.8 Å². The third-order valence-corrected chi connectivity index (χ3v) is 3.45. The van der Waals surface area contributed by atoms with Crippen molar-refractivity contribution in [3.63, 3.8) is 0 Å². The van der Waals surface area contributed by atoms with Gasteiger partial charge < -0.3 is 11.1 Å². The summed E-state index contributed by atoms with van der Waals surface area (Å²) in [6.07, 6.45) is 1.91. The van der Waals surface area contributed by atoms with E-state index in [0.717, 1.165) is 22.2 Å². The molecule has 3 aromatic rings.